The van der Waals surface area contributed by atoms with Gasteiger partial charge in [0.05, 0.1) is 6.54 Å². The molecule has 0 aliphatic heterocycles. The lowest BCUT2D eigenvalue weighted by atomic mass is 10.2. The summed E-state index contributed by atoms with van der Waals surface area (Å²) in [5.41, 5.74) is 1.67. The van der Waals surface area contributed by atoms with Crippen LogP contribution in [0, 0.1) is 6.92 Å². The molecule has 21 heavy (non-hydrogen) atoms. The number of hydrogen-bond donors (Lipinski definition) is 1. The van der Waals surface area contributed by atoms with Crippen molar-refractivity contribution < 1.29 is 4.79 Å². The zero-order valence-corrected chi connectivity index (χ0v) is 13.8. The molecule has 0 atom stereocenters. The van der Waals surface area contributed by atoms with Crippen molar-refractivity contribution in [3.63, 3.8) is 0 Å². The molecule has 2 aromatic rings. The lowest BCUT2D eigenvalue weighted by Gasteiger charge is -2.19. The summed E-state index contributed by atoms with van der Waals surface area (Å²) in [5, 5.41) is 5.65. The van der Waals surface area contributed by atoms with Crippen molar-refractivity contribution in [2.24, 2.45) is 0 Å². The highest BCUT2D eigenvalue weighted by Gasteiger charge is 2.12. The van der Waals surface area contributed by atoms with Gasteiger partial charge in [0.15, 0.2) is 0 Å². The number of halogens is 1. The fraction of sp³-hybridized carbons (Fsp3) is 0.312. The SMILES string of the molecule is CCN(CC(=O)Nc1cccc(Cl)c1C)Cc1cccs1. The van der Waals surface area contributed by atoms with Gasteiger partial charge in [-0.05, 0) is 42.6 Å². The number of carbonyl (C=O) groups excluding carboxylic acids is 1. The molecule has 0 bridgehead atoms. The number of amides is 1. The summed E-state index contributed by atoms with van der Waals surface area (Å²) in [6, 6.07) is 9.65. The first-order chi connectivity index (χ1) is 10.1. The lowest BCUT2D eigenvalue weighted by molar-refractivity contribution is -0.117. The molecule has 0 unspecified atom stereocenters. The van der Waals surface area contributed by atoms with Gasteiger partial charge in [-0.1, -0.05) is 30.7 Å². The summed E-state index contributed by atoms with van der Waals surface area (Å²) in [6.45, 7) is 5.98. The van der Waals surface area contributed by atoms with Gasteiger partial charge in [0, 0.05) is 22.1 Å². The number of rotatable bonds is 6. The molecule has 0 spiro atoms. The molecule has 0 radical (unpaired) electrons. The maximum Gasteiger partial charge on any atom is 0.238 e. The normalized spacial score (nSPS) is 10.9. The van der Waals surface area contributed by atoms with Gasteiger partial charge in [-0.3, -0.25) is 9.69 Å². The van der Waals surface area contributed by atoms with Crippen LogP contribution >= 0.6 is 22.9 Å². The molecular formula is C16H19ClN2OS. The zero-order chi connectivity index (χ0) is 15.2. The number of hydrogen-bond acceptors (Lipinski definition) is 3. The molecule has 3 nitrogen and oxygen atoms in total. The second-order valence-corrected chi connectivity index (χ2v) is 6.28. The average Bonchev–Trinajstić information content (AvgIpc) is 2.96. The lowest BCUT2D eigenvalue weighted by Crippen LogP contribution is -2.32. The Morgan fingerprint density at radius 3 is 2.81 bits per heavy atom. The Kier molecular flexibility index (Phi) is 5.79. The highest BCUT2D eigenvalue weighted by atomic mass is 35.5. The van der Waals surface area contributed by atoms with E-state index in [1.54, 1.807) is 11.3 Å². The molecule has 0 aliphatic rings. The van der Waals surface area contributed by atoms with E-state index in [9.17, 15) is 4.79 Å². The highest BCUT2D eigenvalue weighted by molar-refractivity contribution is 7.09. The van der Waals surface area contributed by atoms with E-state index in [4.69, 9.17) is 11.6 Å². The molecule has 1 aromatic heterocycles. The number of nitrogens with one attached hydrogen (secondary N) is 1. The first-order valence-corrected chi connectivity index (χ1v) is 8.15. The van der Waals surface area contributed by atoms with E-state index in [1.165, 1.54) is 4.88 Å². The van der Waals surface area contributed by atoms with Gasteiger partial charge in [-0.15, -0.1) is 11.3 Å². The van der Waals surface area contributed by atoms with Gasteiger partial charge in [0.2, 0.25) is 5.91 Å². The molecule has 0 saturated carbocycles. The van der Waals surface area contributed by atoms with Crippen LogP contribution in [0.15, 0.2) is 35.7 Å². The Bertz CT molecular complexity index is 598. The van der Waals surface area contributed by atoms with E-state index in [0.717, 1.165) is 24.3 Å². The maximum atomic E-state index is 12.2. The Balaban J connectivity index is 1.95. The summed E-state index contributed by atoms with van der Waals surface area (Å²) in [5.74, 6) is -0.0150. The van der Waals surface area contributed by atoms with Crippen molar-refractivity contribution in [1.82, 2.24) is 4.90 Å². The Morgan fingerprint density at radius 2 is 2.14 bits per heavy atom. The second kappa shape index (κ2) is 7.59. The van der Waals surface area contributed by atoms with E-state index in [1.807, 2.05) is 31.2 Å². The quantitative estimate of drug-likeness (QED) is 0.865. The molecule has 0 aliphatic carbocycles. The van der Waals surface area contributed by atoms with Crippen LogP contribution in [-0.4, -0.2) is 23.9 Å². The van der Waals surface area contributed by atoms with E-state index >= 15 is 0 Å². The topological polar surface area (TPSA) is 32.3 Å². The predicted octanol–water partition coefficient (Wildman–Crippen LogP) is 4.17. The molecular weight excluding hydrogens is 304 g/mol. The van der Waals surface area contributed by atoms with Crippen molar-refractivity contribution in [2.45, 2.75) is 20.4 Å². The van der Waals surface area contributed by atoms with E-state index in [0.29, 0.717) is 11.6 Å². The number of anilines is 1. The predicted molar refractivity (Wildman–Crippen MR) is 90.1 cm³/mol. The minimum Gasteiger partial charge on any atom is -0.325 e. The van der Waals surface area contributed by atoms with Gasteiger partial charge >= 0.3 is 0 Å². The Labute approximate surface area is 134 Å². The van der Waals surface area contributed by atoms with Crippen LogP contribution in [0.2, 0.25) is 5.02 Å². The molecule has 2 rings (SSSR count). The summed E-state index contributed by atoms with van der Waals surface area (Å²) < 4.78 is 0. The minimum atomic E-state index is -0.0150. The second-order valence-electron chi connectivity index (χ2n) is 4.84. The van der Waals surface area contributed by atoms with Crippen LogP contribution in [0.25, 0.3) is 0 Å². The van der Waals surface area contributed by atoms with Crippen LogP contribution in [0.5, 0.6) is 0 Å². The number of likely N-dealkylation sites (N-methyl/N-ethyl adjacent to an activating group) is 1. The summed E-state index contributed by atoms with van der Waals surface area (Å²) in [4.78, 5) is 15.6. The zero-order valence-electron chi connectivity index (χ0n) is 12.2. The van der Waals surface area contributed by atoms with Crippen molar-refractivity contribution in [2.75, 3.05) is 18.4 Å². The minimum absolute atomic E-state index is 0.0150. The number of nitrogens with zero attached hydrogens (tertiary/aromatic N) is 1. The van der Waals surface area contributed by atoms with Crippen LogP contribution < -0.4 is 5.32 Å². The van der Waals surface area contributed by atoms with E-state index in [-0.39, 0.29) is 5.91 Å². The third-order valence-electron chi connectivity index (χ3n) is 3.32. The fourth-order valence-electron chi connectivity index (χ4n) is 2.04. The monoisotopic (exact) mass is 322 g/mol. The molecule has 5 heteroatoms. The summed E-state index contributed by atoms with van der Waals surface area (Å²) in [7, 11) is 0. The molecule has 0 fully saturated rings. The molecule has 0 saturated heterocycles. The van der Waals surface area contributed by atoms with E-state index < -0.39 is 0 Å². The van der Waals surface area contributed by atoms with Gasteiger partial charge in [-0.2, -0.15) is 0 Å². The molecule has 1 amide bonds. The largest absolute Gasteiger partial charge is 0.325 e. The van der Waals surface area contributed by atoms with Crippen LogP contribution in [-0.2, 0) is 11.3 Å². The fourth-order valence-corrected chi connectivity index (χ4v) is 2.96. The van der Waals surface area contributed by atoms with Crippen molar-refractivity contribution in [3.05, 3.63) is 51.2 Å². The van der Waals surface area contributed by atoms with Gasteiger partial charge in [-0.25, -0.2) is 0 Å². The van der Waals surface area contributed by atoms with Gasteiger partial charge in [0.1, 0.15) is 0 Å². The Morgan fingerprint density at radius 1 is 1.33 bits per heavy atom. The van der Waals surface area contributed by atoms with Gasteiger partial charge < -0.3 is 5.32 Å². The molecule has 1 heterocycles. The van der Waals surface area contributed by atoms with Crippen molar-refractivity contribution in [1.29, 1.82) is 0 Å². The van der Waals surface area contributed by atoms with Crippen molar-refractivity contribution in [3.8, 4) is 0 Å². The highest BCUT2D eigenvalue weighted by Crippen LogP contribution is 2.22. The maximum absolute atomic E-state index is 12.2. The number of benzene rings is 1. The standard InChI is InChI=1S/C16H19ClN2OS/c1-3-19(10-13-6-5-9-21-13)11-16(20)18-15-8-4-7-14(17)12(15)2/h4-9H,3,10-11H2,1-2H3,(H,18,20). The first-order valence-electron chi connectivity index (χ1n) is 6.90. The molecule has 112 valence electrons. The third kappa shape index (κ3) is 4.56. The van der Waals surface area contributed by atoms with Gasteiger partial charge in [0.25, 0.3) is 0 Å². The van der Waals surface area contributed by atoms with Crippen LogP contribution in [0.1, 0.15) is 17.4 Å². The average molecular weight is 323 g/mol. The summed E-state index contributed by atoms with van der Waals surface area (Å²) in [6.07, 6.45) is 0. The van der Waals surface area contributed by atoms with Crippen LogP contribution in [0.4, 0.5) is 5.69 Å². The van der Waals surface area contributed by atoms with E-state index in [2.05, 4.69) is 28.6 Å². The number of carbonyl (C=O) groups is 1. The van der Waals surface area contributed by atoms with Crippen LogP contribution in [0.3, 0.4) is 0 Å². The number of thiophene rings is 1. The molecule has 1 aromatic carbocycles. The first kappa shape index (κ1) is 16.0. The Hall–Kier alpha value is -1.36. The third-order valence-corrected chi connectivity index (χ3v) is 4.59. The smallest absolute Gasteiger partial charge is 0.238 e. The molecule has 1 N–H and O–H groups in total. The summed E-state index contributed by atoms with van der Waals surface area (Å²) >= 11 is 7.78. The van der Waals surface area contributed by atoms with Crippen molar-refractivity contribution >= 4 is 34.5 Å².